The van der Waals surface area contributed by atoms with E-state index in [4.69, 9.17) is 0 Å². The summed E-state index contributed by atoms with van der Waals surface area (Å²) in [6.45, 7) is 0. The molecular weight excluding hydrogens is 489 g/mol. The van der Waals surface area contributed by atoms with Crippen LogP contribution in [0.3, 0.4) is 0 Å². The molecule has 34 heavy (non-hydrogen) atoms. The number of fused-ring (bicyclic) bond motifs is 1. The highest BCUT2D eigenvalue weighted by Crippen LogP contribution is 2.38. The van der Waals surface area contributed by atoms with E-state index in [1.807, 2.05) is 0 Å². The van der Waals surface area contributed by atoms with E-state index in [2.05, 4.69) is 9.97 Å². The van der Waals surface area contributed by atoms with Crippen LogP contribution in [0.2, 0.25) is 0 Å². The fourth-order valence-corrected chi connectivity index (χ4v) is 5.83. The van der Waals surface area contributed by atoms with Gasteiger partial charge >= 0.3 is 6.18 Å². The highest BCUT2D eigenvalue weighted by molar-refractivity contribution is 7.91. The maximum atomic E-state index is 13.2. The average molecular weight is 507 g/mol. The van der Waals surface area contributed by atoms with Gasteiger partial charge in [0.1, 0.15) is 6.33 Å². The Bertz CT molecular complexity index is 1600. The summed E-state index contributed by atoms with van der Waals surface area (Å²) in [5.74, 6) is -0.335. The Labute approximate surface area is 194 Å². The number of hydrogen-bond donors (Lipinski definition) is 0. The molecule has 0 saturated heterocycles. The van der Waals surface area contributed by atoms with Crippen LogP contribution in [0.1, 0.15) is 11.3 Å². The highest BCUT2D eigenvalue weighted by atomic mass is 32.2. The van der Waals surface area contributed by atoms with Gasteiger partial charge in [-0.05, 0) is 46.7 Å². The molecule has 4 aromatic rings. The first-order chi connectivity index (χ1) is 15.9. The average Bonchev–Trinajstić information content (AvgIpc) is 2.77. The van der Waals surface area contributed by atoms with Crippen molar-refractivity contribution in [3.05, 3.63) is 84.4 Å². The lowest BCUT2D eigenvalue weighted by atomic mass is 9.97. The van der Waals surface area contributed by atoms with Gasteiger partial charge in [-0.15, -0.1) is 0 Å². The molecule has 0 unspecified atom stereocenters. The Balaban J connectivity index is 1.85. The van der Waals surface area contributed by atoms with Gasteiger partial charge in [-0.2, -0.15) is 13.2 Å². The van der Waals surface area contributed by atoms with Crippen molar-refractivity contribution in [2.75, 3.05) is 6.26 Å². The van der Waals surface area contributed by atoms with Crippen LogP contribution in [-0.2, 0) is 31.6 Å². The summed E-state index contributed by atoms with van der Waals surface area (Å²) in [5.41, 5.74) is -0.287. The fourth-order valence-electron chi connectivity index (χ4n) is 3.60. The lowest BCUT2D eigenvalue weighted by molar-refractivity contribution is -0.137. The molecule has 176 valence electrons. The predicted molar refractivity (Wildman–Crippen MR) is 120 cm³/mol. The highest BCUT2D eigenvalue weighted by Gasteiger charge is 2.32. The van der Waals surface area contributed by atoms with Crippen LogP contribution < -0.4 is 0 Å². The van der Waals surface area contributed by atoms with Crippen LogP contribution in [0, 0.1) is 0 Å². The van der Waals surface area contributed by atoms with Gasteiger partial charge in [0.15, 0.2) is 19.7 Å². The van der Waals surface area contributed by atoms with Crippen molar-refractivity contribution in [3.8, 4) is 11.1 Å². The normalized spacial score (nSPS) is 12.7. The van der Waals surface area contributed by atoms with Crippen molar-refractivity contribution in [1.82, 2.24) is 9.97 Å². The number of benzene rings is 3. The van der Waals surface area contributed by atoms with Crippen molar-refractivity contribution in [1.29, 1.82) is 0 Å². The Kier molecular flexibility index (Phi) is 5.94. The molecule has 0 bridgehead atoms. The topological polar surface area (TPSA) is 94.1 Å². The first-order valence-electron chi connectivity index (χ1n) is 9.78. The summed E-state index contributed by atoms with van der Waals surface area (Å²) in [7, 11) is -7.75. The summed E-state index contributed by atoms with van der Waals surface area (Å²) < 4.78 is 90.0. The standard InChI is InChI=1S/C23H17F3N2O4S2/c1-33(29,30)22-12-16(23(24,25)26)5-7-21(22)20-4-2-3-15-11-18(6-8-19(15)20)34(31,32)13-17-9-10-27-14-28-17/h2-12,14H,13H2,1H3. The Morgan fingerprint density at radius 2 is 1.65 bits per heavy atom. The Morgan fingerprint density at radius 1 is 0.882 bits per heavy atom. The van der Waals surface area contributed by atoms with E-state index in [0.29, 0.717) is 28.1 Å². The molecule has 3 aromatic carbocycles. The molecule has 1 heterocycles. The van der Waals surface area contributed by atoms with Crippen molar-refractivity contribution >= 4 is 30.4 Å². The van der Waals surface area contributed by atoms with E-state index in [0.717, 1.165) is 18.4 Å². The second-order valence-corrected chi connectivity index (χ2v) is 11.6. The summed E-state index contributed by atoms with van der Waals surface area (Å²) in [6, 6.07) is 13.2. The molecule has 1 aromatic heterocycles. The molecule has 0 fully saturated rings. The zero-order valence-electron chi connectivity index (χ0n) is 17.6. The fraction of sp³-hybridized carbons (Fsp3) is 0.130. The largest absolute Gasteiger partial charge is 0.416 e. The van der Waals surface area contributed by atoms with Crippen LogP contribution in [0.4, 0.5) is 13.2 Å². The van der Waals surface area contributed by atoms with Gasteiger partial charge in [0.05, 0.1) is 26.8 Å². The molecule has 0 atom stereocenters. The number of rotatable bonds is 5. The first kappa shape index (κ1) is 23.8. The smallest absolute Gasteiger partial charge is 0.245 e. The predicted octanol–water partition coefficient (Wildman–Crippen LogP) is 4.69. The van der Waals surface area contributed by atoms with Gasteiger partial charge in [0, 0.05) is 18.0 Å². The number of alkyl halides is 3. The van der Waals surface area contributed by atoms with Gasteiger partial charge in [-0.25, -0.2) is 26.8 Å². The van der Waals surface area contributed by atoms with Crippen LogP contribution in [0.15, 0.2) is 83.0 Å². The molecular formula is C23H17F3N2O4S2. The van der Waals surface area contributed by atoms with E-state index in [1.165, 1.54) is 36.8 Å². The van der Waals surface area contributed by atoms with Gasteiger partial charge < -0.3 is 0 Å². The molecule has 0 saturated carbocycles. The zero-order valence-corrected chi connectivity index (χ0v) is 19.2. The SMILES string of the molecule is CS(=O)(=O)c1cc(C(F)(F)F)ccc1-c1cccc2cc(S(=O)(=O)Cc3ccncn3)ccc12. The number of aromatic nitrogens is 2. The second kappa shape index (κ2) is 8.48. The molecule has 0 spiro atoms. The van der Waals surface area contributed by atoms with Crippen LogP contribution in [0.25, 0.3) is 21.9 Å². The number of hydrogen-bond acceptors (Lipinski definition) is 6. The summed E-state index contributed by atoms with van der Waals surface area (Å²) >= 11 is 0. The second-order valence-electron chi connectivity index (χ2n) is 7.63. The molecule has 0 N–H and O–H groups in total. The van der Waals surface area contributed by atoms with Crippen molar-refractivity contribution < 1.29 is 30.0 Å². The van der Waals surface area contributed by atoms with E-state index < -0.39 is 36.3 Å². The van der Waals surface area contributed by atoms with Crippen molar-refractivity contribution in [2.45, 2.75) is 21.7 Å². The molecule has 6 nitrogen and oxygen atoms in total. The Morgan fingerprint density at radius 3 is 2.29 bits per heavy atom. The molecule has 0 aliphatic carbocycles. The molecule has 11 heteroatoms. The van der Waals surface area contributed by atoms with Gasteiger partial charge in [-0.3, -0.25) is 0 Å². The maximum absolute atomic E-state index is 13.2. The monoisotopic (exact) mass is 506 g/mol. The van der Waals surface area contributed by atoms with Crippen LogP contribution >= 0.6 is 0 Å². The van der Waals surface area contributed by atoms with E-state index in [9.17, 15) is 30.0 Å². The van der Waals surface area contributed by atoms with E-state index in [1.54, 1.807) is 18.2 Å². The van der Waals surface area contributed by atoms with E-state index >= 15 is 0 Å². The van der Waals surface area contributed by atoms with Gasteiger partial charge in [-0.1, -0.05) is 30.3 Å². The van der Waals surface area contributed by atoms with Gasteiger partial charge in [0.2, 0.25) is 0 Å². The summed E-state index contributed by atoms with van der Waals surface area (Å²) in [5, 5.41) is 0.980. The lowest BCUT2D eigenvalue weighted by Gasteiger charge is -2.15. The minimum Gasteiger partial charge on any atom is -0.245 e. The number of nitrogens with zero attached hydrogens (tertiary/aromatic N) is 2. The van der Waals surface area contributed by atoms with E-state index in [-0.39, 0.29) is 16.2 Å². The van der Waals surface area contributed by atoms with Crippen molar-refractivity contribution in [3.63, 3.8) is 0 Å². The Hall–Kier alpha value is -3.31. The molecule has 0 aliphatic heterocycles. The minimum absolute atomic E-state index is 0.0338. The van der Waals surface area contributed by atoms with Gasteiger partial charge in [0.25, 0.3) is 0 Å². The maximum Gasteiger partial charge on any atom is 0.416 e. The molecule has 0 aliphatic rings. The lowest BCUT2D eigenvalue weighted by Crippen LogP contribution is -2.08. The molecule has 0 radical (unpaired) electrons. The molecule has 0 amide bonds. The number of sulfone groups is 2. The first-order valence-corrected chi connectivity index (χ1v) is 13.3. The zero-order chi connectivity index (χ0) is 24.7. The summed E-state index contributed by atoms with van der Waals surface area (Å²) in [6.07, 6.45) is -1.17. The van der Waals surface area contributed by atoms with Crippen molar-refractivity contribution in [2.24, 2.45) is 0 Å². The third-order valence-electron chi connectivity index (χ3n) is 5.19. The summed E-state index contributed by atoms with van der Waals surface area (Å²) in [4.78, 5) is 7.27. The molecule has 4 rings (SSSR count). The quantitative estimate of drug-likeness (QED) is 0.390. The third-order valence-corrected chi connectivity index (χ3v) is 7.98. The minimum atomic E-state index is -4.70. The van der Waals surface area contributed by atoms with Crippen LogP contribution in [-0.4, -0.2) is 33.1 Å². The van der Waals surface area contributed by atoms with Crippen LogP contribution in [0.5, 0.6) is 0 Å². The third kappa shape index (κ3) is 4.80. The number of halogens is 3.